The predicted octanol–water partition coefficient (Wildman–Crippen LogP) is 4.93. The van der Waals surface area contributed by atoms with Crippen molar-refractivity contribution in [2.45, 2.75) is 18.6 Å². The van der Waals surface area contributed by atoms with Crippen molar-refractivity contribution in [1.29, 1.82) is 0 Å². The van der Waals surface area contributed by atoms with Crippen LogP contribution in [0.25, 0.3) is 5.69 Å². The summed E-state index contributed by atoms with van der Waals surface area (Å²) in [6.07, 6.45) is 0. The van der Waals surface area contributed by atoms with Gasteiger partial charge in [0.2, 0.25) is 5.91 Å². The van der Waals surface area contributed by atoms with Crippen molar-refractivity contribution in [1.82, 2.24) is 14.8 Å². The first kappa shape index (κ1) is 24.9. The summed E-state index contributed by atoms with van der Waals surface area (Å²) in [5, 5.41) is 15.2. The lowest BCUT2D eigenvalue weighted by atomic mass is 10.2. The lowest BCUT2D eigenvalue weighted by Crippen LogP contribution is -2.15. The molecule has 10 heteroatoms. The van der Waals surface area contributed by atoms with Crippen molar-refractivity contribution in [2.24, 2.45) is 0 Å². The van der Waals surface area contributed by atoms with E-state index in [-0.39, 0.29) is 17.5 Å². The van der Waals surface area contributed by atoms with Crippen molar-refractivity contribution in [3.63, 3.8) is 0 Å². The molecule has 0 spiro atoms. The van der Waals surface area contributed by atoms with E-state index in [4.69, 9.17) is 4.74 Å². The van der Waals surface area contributed by atoms with Gasteiger partial charge in [0.25, 0.3) is 0 Å². The Labute approximate surface area is 211 Å². The first-order valence-corrected chi connectivity index (χ1v) is 12.2. The number of aromatic nitrogens is 3. The molecule has 2 N–H and O–H groups in total. The molecule has 8 nitrogen and oxygen atoms in total. The maximum absolute atomic E-state index is 13.2. The molecular formula is C26H24FN5O3S. The summed E-state index contributed by atoms with van der Waals surface area (Å²) in [7, 11) is 0. The molecule has 184 valence electrons. The fourth-order valence-electron chi connectivity index (χ4n) is 3.32. The Morgan fingerprint density at radius 3 is 2.33 bits per heavy atom. The molecule has 0 saturated carbocycles. The van der Waals surface area contributed by atoms with Gasteiger partial charge < -0.3 is 15.4 Å². The maximum Gasteiger partial charge on any atom is 0.338 e. The lowest BCUT2D eigenvalue weighted by molar-refractivity contribution is -0.113. The molecule has 36 heavy (non-hydrogen) atoms. The van der Waals surface area contributed by atoms with Gasteiger partial charge in [0.05, 0.1) is 24.5 Å². The predicted molar refractivity (Wildman–Crippen MR) is 137 cm³/mol. The number of nitrogens with zero attached hydrogens (tertiary/aromatic N) is 3. The highest BCUT2D eigenvalue weighted by atomic mass is 32.2. The molecule has 4 rings (SSSR count). The first-order chi connectivity index (χ1) is 17.5. The van der Waals surface area contributed by atoms with E-state index in [0.29, 0.717) is 35.4 Å². The van der Waals surface area contributed by atoms with Crippen LogP contribution in [0, 0.1) is 5.82 Å². The fraction of sp³-hybridized carbons (Fsp3) is 0.154. The molecule has 0 bridgehead atoms. The van der Waals surface area contributed by atoms with Gasteiger partial charge in [-0.1, -0.05) is 30.0 Å². The molecule has 1 heterocycles. The summed E-state index contributed by atoms with van der Waals surface area (Å²) < 4.78 is 20.0. The molecule has 0 aliphatic rings. The number of rotatable bonds is 10. The third kappa shape index (κ3) is 6.48. The zero-order valence-electron chi connectivity index (χ0n) is 19.5. The van der Waals surface area contributed by atoms with Crippen LogP contribution in [-0.2, 0) is 16.1 Å². The van der Waals surface area contributed by atoms with Crippen LogP contribution in [-0.4, -0.2) is 39.0 Å². The van der Waals surface area contributed by atoms with Crippen LogP contribution in [0.1, 0.15) is 23.1 Å². The number of carbonyl (C=O) groups excluding carboxylic acids is 2. The van der Waals surface area contributed by atoms with Gasteiger partial charge in [0, 0.05) is 17.1 Å². The minimum Gasteiger partial charge on any atom is -0.462 e. The van der Waals surface area contributed by atoms with E-state index in [9.17, 15) is 14.0 Å². The Morgan fingerprint density at radius 2 is 1.64 bits per heavy atom. The molecule has 0 aliphatic carbocycles. The number of anilines is 2. The molecule has 0 atom stereocenters. The second-order valence-corrected chi connectivity index (χ2v) is 8.51. The molecular weight excluding hydrogens is 481 g/mol. The van der Waals surface area contributed by atoms with Crippen LogP contribution >= 0.6 is 11.8 Å². The summed E-state index contributed by atoms with van der Waals surface area (Å²) in [5.41, 5.74) is 2.60. The van der Waals surface area contributed by atoms with Gasteiger partial charge in [-0.15, -0.1) is 10.2 Å². The number of benzene rings is 3. The molecule has 0 radical (unpaired) electrons. The molecule has 0 aliphatic heterocycles. The molecule has 1 aromatic heterocycles. The number of hydrogen-bond donors (Lipinski definition) is 2. The molecule has 0 unspecified atom stereocenters. The molecule has 1 amide bonds. The van der Waals surface area contributed by atoms with Gasteiger partial charge in [-0.05, 0) is 67.6 Å². The number of carbonyl (C=O) groups is 2. The molecule has 0 saturated heterocycles. The number of ether oxygens (including phenoxy) is 1. The van der Waals surface area contributed by atoms with Crippen LogP contribution < -0.4 is 10.6 Å². The van der Waals surface area contributed by atoms with Gasteiger partial charge in [-0.25, -0.2) is 9.18 Å². The van der Waals surface area contributed by atoms with Gasteiger partial charge >= 0.3 is 5.97 Å². The van der Waals surface area contributed by atoms with E-state index in [2.05, 4.69) is 20.8 Å². The normalized spacial score (nSPS) is 10.6. The van der Waals surface area contributed by atoms with Gasteiger partial charge in [-0.3, -0.25) is 9.36 Å². The summed E-state index contributed by atoms with van der Waals surface area (Å²) in [6, 6.07) is 22.2. The number of para-hydroxylation sites is 1. The van der Waals surface area contributed by atoms with Crippen LogP contribution in [0.15, 0.2) is 84.0 Å². The fourth-order valence-corrected chi connectivity index (χ4v) is 4.10. The van der Waals surface area contributed by atoms with Crippen LogP contribution in [0.2, 0.25) is 0 Å². The van der Waals surface area contributed by atoms with Crippen LogP contribution in [0.5, 0.6) is 0 Å². The van der Waals surface area contributed by atoms with Crippen molar-refractivity contribution < 1.29 is 18.7 Å². The highest BCUT2D eigenvalue weighted by Gasteiger charge is 2.16. The summed E-state index contributed by atoms with van der Waals surface area (Å²) in [5.74, 6) is -0.188. The number of nitrogens with one attached hydrogen (secondary N) is 2. The van der Waals surface area contributed by atoms with E-state index in [1.165, 1.54) is 23.9 Å². The summed E-state index contributed by atoms with van der Waals surface area (Å²) in [4.78, 5) is 24.4. The minimum atomic E-state index is -0.407. The van der Waals surface area contributed by atoms with Crippen molar-refractivity contribution in [2.75, 3.05) is 23.0 Å². The number of hydrogen-bond acceptors (Lipinski definition) is 7. The Bertz CT molecular complexity index is 1310. The van der Waals surface area contributed by atoms with Crippen LogP contribution in [0.3, 0.4) is 0 Å². The summed E-state index contributed by atoms with van der Waals surface area (Å²) in [6.45, 7) is 2.40. The van der Waals surface area contributed by atoms with E-state index < -0.39 is 5.97 Å². The third-order valence-corrected chi connectivity index (χ3v) is 5.95. The number of halogens is 1. The number of thioether (sulfide) groups is 1. The Morgan fingerprint density at radius 1 is 0.944 bits per heavy atom. The van der Waals surface area contributed by atoms with Crippen molar-refractivity contribution in [3.8, 4) is 5.69 Å². The summed E-state index contributed by atoms with van der Waals surface area (Å²) >= 11 is 1.25. The SMILES string of the molecule is CCOC(=O)c1ccc(NC(=O)CSc2nnc(CNc3ccc(F)cc3)n2-c2ccccc2)cc1. The van der Waals surface area contributed by atoms with Crippen LogP contribution in [0.4, 0.5) is 15.8 Å². The average molecular weight is 506 g/mol. The molecule has 3 aromatic carbocycles. The first-order valence-electron chi connectivity index (χ1n) is 11.2. The number of esters is 1. The largest absolute Gasteiger partial charge is 0.462 e. The smallest absolute Gasteiger partial charge is 0.338 e. The molecule has 4 aromatic rings. The quantitative estimate of drug-likeness (QED) is 0.233. The minimum absolute atomic E-state index is 0.107. The standard InChI is InChI=1S/C26H24FN5O3S/c1-2-35-25(34)18-8-12-21(13-9-18)29-24(33)17-36-26-31-30-23(32(26)22-6-4-3-5-7-22)16-28-20-14-10-19(27)11-15-20/h3-15,28H,2,16-17H2,1H3,(H,29,33). The Hall–Kier alpha value is -4.18. The second-order valence-electron chi connectivity index (χ2n) is 7.56. The van der Waals surface area contributed by atoms with Gasteiger partial charge in [0.1, 0.15) is 5.82 Å². The zero-order valence-corrected chi connectivity index (χ0v) is 20.3. The maximum atomic E-state index is 13.2. The van der Waals surface area contributed by atoms with E-state index in [1.807, 2.05) is 34.9 Å². The number of amides is 1. The topological polar surface area (TPSA) is 98.1 Å². The highest BCUT2D eigenvalue weighted by Crippen LogP contribution is 2.23. The van der Waals surface area contributed by atoms with E-state index in [0.717, 1.165) is 11.4 Å². The monoisotopic (exact) mass is 505 g/mol. The second kappa shape index (κ2) is 12.0. The molecule has 0 fully saturated rings. The van der Waals surface area contributed by atoms with Crippen molar-refractivity contribution >= 4 is 35.0 Å². The Balaban J connectivity index is 1.42. The van der Waals surface area contributed by atoms with Gasteiger partial charge in [-0.2, -0.15) is 0 Å². The third-order valence-electron chi connectivity index (χ3n) is 5.02. The van der Waals surface area contributed by atoms with Crippen molar-refractivity contribution in [3.05, 3.63) is 96.1 Å². The zero-order chi connectivity index (χ0) is 25.3. The van der Waals surface area contributed by atoms with E-state index >= 15 is 0 Å². The Kier molecular flexibility index (Phi) is 8.30. The highest BCUT2D eigenvalue weighted by molar-refractivity contribution is 7.99. The lowest BCUT2D eigenvalue weighted by Gasteiger charge is -2.11. The van der Waals surface area contributed by atoms with E-state index in [1.54, 1.807) is 43.3 Å². The average Bonchev–Trinajstić information content (AvgIpc) is 3.31. The van der Waals surface area contributed by atoms with Gasteiger partial charge in [0.15, 0.2) is 11.0 Å².